The number of amides is 4. The molecule has 1 aliphatic rings. The Balaban J connectivity index is 2.05. The minimum atomic E-state index is -2.15. The topological polar surface area (TPSA) is 104 Å². The predicted octanol–water partition coefficient (Wildman–Crippen LogP) is 1.86. The normalized spacial score (nSPS) is 16.5. The molecule has 2 aromatic carbocycles. The van der Waals surface area contributed by atoms with E-state index in [1.165, 1.54) is 0 Å². The highest BCUT2D eigenvalue weighted by Crippen LogP contribution is 2.30. The summed E-state index contributed by atoms with van der Waals surface area (Å²) in [6.07, 6.45) is 2.08. The highest BCUT2D eigenvalue weighted by Gasteiger charge is 2.58. The number of nitrogens with one attached hydrogen (secondary N) is 3. The minimum absolute atomic E-state index is 0.229. The van der Waals surface area contributed by atoms with Gasteiger partial charge >= 0.3 is 6.03 Å². The Morgan fingerprint density at radius 3 is 2.07 bits per heavy atom. The lowest BCUT2D eigenvalue weighted by Gasteiger charge is -2.35. The first-order valence-electron chi connectivity index (χ1n) is 10.0. The second-order valence-corrected chi connectivity index (χ2v) is 7.27. The number of unbranched alkanes of at least 4 members (excludes halogenated alkanes) is 1. The van der Waals surface area contributed by atoms with Gasteiger partial charge in [0.15, 0.2) is 5.78 Å². The lowest BCUT2D eigenvalue weighted by Crippen LogP contribution is -2.70. The third-order valence-electron chi connectivity index (χ3n) is 5.23. The molecule has 0 unspecified atom stereocenters. The van der Waals surface area contributed by atoms with Crippen molar-refractivity contribution in [1.29, 1.82) is 0 Å². The fourth-order valence-electron chi connectivity index (χ4n) is 3.67. The summed E-state index contributed by atoms with van der Waals surface area (Å²) in [4.78, 5) is 51.6. The van der Waals surface area contributed by atoms with Gasteiger partial charge in [0.05, 0.1) is 6.04 Å². The van der Waals surface area contributed by atoms with Crippen LogP contribution in [0.2, 0.25) is 0 Å². The zero-order valence-corrected chi connectivity index (χ0v) is 16.8. The molecule has 0 aliphatic carbocycles. The average Bonchev–Trinajstić information content (AvgIpc) is 2.74. The fraction of sp³-hybridized carbons (Fsp3) is 0.304. The van der Waals surface area contributed by atoms with Crippen LogP contribution in [-0.4, -0.2) is 36.2 Å². The molecule has 0 saturated carbocycles. The van der Waals surface area contributed by atoms with Crippen molar-refractivity contribution in [2.75, 3.05) is 6.54 Å². The summed E-state index contributed by atoms with van der Waals surface area (Å²) in [5, 5.41) is 7.43. The largest absolute Gasteiger partial charge is 0.328 e. The van der Waals surface area contributed by atoms with E-state index in [0.29, 0.717) is 13.0 Å². The van der Waals surface area contributed by atoms with Crippen LogP contribution in [0.25, 0.3) is 0 Å². The molecule has 0 radical (unpaired) electrons. The lowest BCUT2D eigenvalue weighted by atomic mass is 9.71. The van der Waals surface area contributed by atoms with Crippen molar-refractivity contribution in [3.63, 3.8) is 0 Å². The van der Waals surface area contributed by atoms with Gasteiger partial charge in [0, 0.05) is 0 Å². The maximum Gasteiger partial charge on any atom is 0.328 e. The van der Waals surface area contributed by atoms with Gasteiger partial charge in [0.2, 0.25) is 5.41 Å². The summed E-state index contributed by atoms with van der Waals surface area (Å²) >= 11 is 0. The van der Waals surface area contributed by atoms with Crippen molar-refractivity contribution in [3.05, 3.63) is 71.8 Å². The molecular weight excluding hydrogens is 382 g/mol. The van der Waals surface area contributed by atoms with Crippen LogP contribution < -0.4 is 16.0 Å². The summed E-state index contributed by atoms with van der Waals surface area (Å²) in [6.45, 7) is 2.60. The zero-order chi connectivity index (χ0) is 21.6. The molecule has 156 valence electrons. The molecule has 0 aromatic heterocycles. The van der Waals surface area contributed by atoms with E-state index in [4.69, 9.17) is 0 Å². The second kappa shape index (κ2) is 9.45. The van der Waals surface area contributed by atoms with Crippen LogP contribution in [0, 0.1) is 0 Å². The Hall–Kier alpha value is -3.32. The molecule has 30 heavy (non-hydrogen) atoms. The van der Waals surface area contributed by atoms with Gasteiger partial charge in [-0.05, 0) is 30.5 Å². The highest BCUT2D eigenvalue weighted by molar-refractivity contribution is 6.36. The standard InChI is InChI=1S/C23H25N3O4/c1-2-3-14-24-18(15-16-10-6-4-7-11-16)19(27)23(17-12-8-5-9-13-17)20(28)25-22(30)26-21(23)29/h4-13,18,24H,2-3,14-15H2,1H3,(H2,25,26,28,29,30)/t18-/m0/s1. The maximum atomic E-state index is 13.9. The summed E-state index contributed by atoms with van der Waals surface area (Å²) in [7, 11) is 0. The van der Waals surface area contributed by atoms with Crippen LogP contribution in [0.3, 0.4) is 0 Å². The first-order valence-corrected chi connectivity index (χ1v) is 10.0. The molecule has 2 aromatic rings. The molecule has 0 bridgehead atoms. The van der Waals surface area contributed by atoms with E-state index in [9.17, 15) is 19.2 Å². The number of barbiturate groups is 1. The van der Waals surface area contributed by atoms with E-state index in [1.807, 2.05) is 37.3 Å². The minimum Gasteiger partial charge on any atom is -0.307 e. The number of hydrogen-bond donors (Lipinski definition) is 3. The monoisotopic (exact) mass is 407 g/mol. The number of carbonyl (C=O) groups is 4. The van der Waals surface area contributed by atoms with Crippen molar-refractivity contribution in [3.8, 4) is 0 Å². The molecule has 3 rings (SSSR count). The molecule has 1 fully saturated rings. The van der Waals surface area contributed by atoms with E-state index in [-0.39, 0.29) is 5.56 Å². The number of Topliss-reactive ketones (excluding diaryl/α,β-unsaturated/α-hetero) is 1. The van der Waals surface area contributed by atoms with Crippen LogP contribution in [-0.2, 0) is 26.2 Å². The van der Waals surface area contributed by atoms with Gasteiger partial charge in [-0.1, -0.05) is 74.0 Å². The zero-order valence-electron chi connectivity index (χ0n) is 16.8. The Morgan fingerprint density at radius 2 is 1.50 bits per heavy atom. The first kappa shape index (κ1) is 21.4. The molecule has 7 nitrogen and oxygen atoms in total. The van der Waals surface area contributed by atoms with Gasteiger partial charge in [-0.25, -0.2) is 4.79 Å². The van der Waals surface area contributed by atoms with E-state index in [1.54, 1.807) is 30.3 Å². The quantitative estimate of drug-likeness (QED) is 0.435. The summed E-state index contributed by atoms with van der Waals surface area (Å²) in [5.41, 5.74) is -1.02. The summed E-state index contributed by atoms with van der Waals surface area (Å²) in [5.74, 6) is -2.44. The number of rotatable bonds is 9. The van der Waals surface area contributed by atoms with Crippen molar-refractivity contribution >= 4 is 23.6 Å². The average molecular weight is 407 g/mol. The fourth-order valence-corrected chi connectivity index (χ4v) is 3.67. The SMILES string of the molecule is CCCCN[C@@H](Cc1ccccc1)C(=O)C1(c2ccccc2)C(=O)NC(=O)NC1=O. The second-order valence-electron chi connectivity index (χ2n) is 7.27. The van der Waals surface area contributed by atoms with Crippen LogP contribution >= 0.6 is 0 Å². The van der Waals surface area contributed by atoms with Crippen molar-refractivity contribution in [2.45, 2.75) is 37.6 Å². The molecule has 3 N–H and O–H groups in total. The van der Waals surface area contributed by atoms with Crippen molar-refractivity contribution < 1.29 is 19.2 Å². The molecule has 0 spiro atoms. The first-order chi connectivity index (χ1) is 14.5. The Morgan fingerprint density at radius 1 is 0.933 bits per heavy atom. The van der Waals surface area contributed by atoms with Crippen LogP contribution in [0.4, 0.5) is 4.79 Å². The Bertz CT molecular complexity index is 908. The maximum absolute atomic E-state index is 13.9. The highest BCUT2D eigenvalue weighted by atomic mass is 16.2. The van der Waals surface area contributed by atoms with Crippen LogP contribution in [0.1, 0.15) is 30.9 Å². The molecule has 1 saturated heterocycles. The molecule has 4 amide bonds. The third kappa shape index (κ3) is 4.16. The molecule has 1 aliphatic heterocycles. The molecule has 1 atom stereocenters. The molecule has 7 heteroatoms. The number of hydrogen-bond acceptors (Lipinski definition) is 5. The Labute approximate surface area is 175 Å². The number of imide groups is 2. The van der Waals surface area contributed by atoms with Crippen molar-refractivity contribution in [2.24, 2.45) is 0 Å². The lowest BCUT2D eigenvalue weighted by molar-refractivity contribution is -0.146. The van der Waals surface area contributed by atoms with Gasteiger partial charge in [-0.3, -0.25) is 25.0 Å². The summed E-state index contributed by atoms with van der Waals surface area (Å²) < 4.78 is 0. The number of carbonyl (C=O) groups excluding carboxylic acids is 4. The van der Waals surface area contributed by atoms with E-state index in [2.05, 4.69) is 16.0 Å². The smallest absolute Gasteiger partial charge is 0.307 e. The van der Waals surface area contributed by atoms with E-state index < -0.39 is 35.1 Å². The van der Waals surface area contributed by atoms with E-state index in [0.717, 1.165) is 18.4 Å². The van der Waals surface area contributed by atoms with Gasteiger partial charge in [0.25, 0.3) is 11.8 Å². The van der Waals surface area contributed by atoms with Gasteiger partial charge < -0.3 is 5.32 Å². The third-order valence-corrected chi connectivity index (χ3v) is 5.23. The summed E-state index contributed by atoms with van der Waals surface area (Å²) in [6, 6.07) is 15.8. The van der Waals surface area contributed by atoms with Crippen molar-refractivity contribution in [1.82, 2.24) is 16.0 Å². The number of urea groups is 1. The van der Waals surface area contributed by atoms with Crippen LogP contribution in [0.5, 0.6) is 0 Å². The molecule has 1 heterocycles. The van der Waals surface area contributed by atoms with Gasteiger partial charge in [-0.2, -0.15) is 0 Å². The predicted molar refractivity (Wildman–Crippen MR) is 112 cm³/mol. The van der Waals surface area contributed by atoms with Gasteiger partial charge in [0.1, 0.15) is 0 Å². The number of ketones is 1. The molecular formula is C23H25N3O4. The number of benzene rings is 2. The van der Waals surface area contributed by atoms with Crippen LogP contribution in [0.15, 0.2) is 60.7 Å². The van der Waals surface area contributed by atoms with Gasteiger partial charge in [-0.15, -0.1) is 0 Å². The Kier molecular flexibility index (Phi) is 6.74. The van der Waals surface area contributed by atoms with E-state index >= 15 is 0 Å².